The second-order valence-corrected chi connectivity index (χ2v) is 5.66. The summed E-state index contributed by atoms with van der Waals surface area (Å²) >= 11 is 7.75. The highest BCUT2D eigenvalue weighted by atomic mass is 35.5. The molecule has 17 heavy (non-hydrogen) atoms. The first-order valence-electron chi connectivity index (χ1n) is 5.96. The number of nitrogens with one attached hydrogen (secondary N) is 1. The molecule has 2 rings (SSSR count). The standard InChI is InChI=1S/C13H17ClN2S/c1-2-12-6-7-17-13(16-12)15-9-10-4-3-5-11(14)8-10/h3-5,8,12H,2,6-7,9H2,1H3,(H,15,16). The number of hydrogen-bond acceptors (Lipinski definition) is 2. The molecule has 1 N–H and O–H groups in total. The Kier molecular flexibility index (Phi) is 4.75. The van der Waals surface area contributed by atoms with Crippen molar-refractivity contribution in [3.05, 3.63) is 34.9 Å². The molecule has 0 aromatic heterocycles. The average Bonchev–Trinajstić information content (AvgIpc) is 2.37. The summed E-state index contributed by atoms with van der Waals surface area (Å²) in [6.45, 7) is 2.91. The average molecular weight is 269 g/mol. The van der Waals surface area contributed by atoms with Gasteiger partial charge in [0, 0.05) is 16.8 Å². The van der Waals surface area contributed by atoms with Crippen molar-refractivity contribution in [3.8, 4) is 0 Å². The molecule has 1 heterocycles. The smallest absolute Gasteiger partial charge is 0.157 e. The molecular weight excluding hydrogens is 252 g/mol. The van der Waals surface area contributed by atoms with E-state index in [2.05, 4.69) is 23.3 Å². The minimum atomic E-state index is 0.592. The number of hydrogen-bond donors (Lipinski definition) is 1. The van der Waals surface area contributed by atoms with Gasteiger partial charge in [-0.05, 0) is 30.5 Å². The fourth-order valence-corrected chi connectivity index (χ4v) is 3.00. The van der Waals surface area contributed by atoms with Gasteiger partial charge in [0.2, 0.25) is 0 Å². The van der Waals surface area contributed by atoms with Crippen molar-refractivity contribution in [2.45, 2.75) is 32.4 Å². The first kappa shape index (κ1) is 12.8. The van der Waals surface area contributed by atoms with Crippen molar-refractivity contribution in [2.75, 3.05) is 5.75 Å². The largest absolute Gasteiger partial charge is 0.362 e. The van der Waals surface area contributed by atoms with Gasteiger partial charge in [0.15, 0.2) is 5.17 Å². The predicted octanol–water partition coefficient (Wildman–Crippen LogP) is 3.70. The third-order valence-electron chi connectivity index (χ3n) is 2.82. The number of nitrogens with zero attached hydrogens (tertiary/aromatic N) is 1. The van der Waals surface area contributed by atoms with E-state index in [1.807, 2.05) is 30.0 Å². The Morgan fingerprint density at radius 1 is 1.53 bits per heavy atom. The van der Waals surface area contributed by atoms with Crippen LogP contribution >= 0.6 is 23.4 Å². The van der Waals surface area contributed by atoms with Crippen LogP contribution in [0.3, 0.4) is 0 Å². The van der Waals surface area contributed by atoms with Crippen molar-refractivity contribution in [2.24, 2.45) is 4.99 Å². The Labute approximate surface area is 112 Å². The molecule has 0 amide bonds. The quantitative estimate of drug-likeness (QED) is 0.904. The summed E-state index contributed by atoms with van der Waals surface area (Å²) in [4.78, 5) is 4.60. The minimum Gasteiger partial charge on any atom is -0.362 e. The highest BCUT2D eigenvalue weighted by Gasteiger charge is 2.15. The Morgan fingerprint density at radius 2 is 2.41 bits per heavy atom. The summed E-state index contributed by atoms with van der Waals surface area (Å²) in [5, 5.41) is 5.32. The van der Waals surface area contributed by atoms with Crippen molar-refractivity contribution >= 4 is 28.5 Å². The molecule has 0 bridgehead atoms. The Bertz CT molecular complexity index is 406. The molecule has 0 spiro atoms. The topological polar surface area (TPSA) is 24.4 Å². The summed E-state index contributed by atoms with van der Waals surface area (Å²) in [6, 6.07) is 8.47. The van der Waals surface area contributed by atoms with Crippen molar-refractivity contribution < 1.29 is 0 Å². The molecule has 1 unspecified atom stereocenters. The Morgan fingerprint density at radius 3 is 3.18 bits per heavy atom. The molecule has 4 heteroatoms. The zero-order chi connectivity index (χ0) is 12.1. The molecule has 0 saturated carbocycles. The van der Waals surface area contributed by atoms with Crippen LogP contribution in [0.2, 0.25) is 5.02 Å². The van der Waals surface area contributed by atoms with Crippen LogP contribution < -0.4 is 5.32 Å². The number of amidine groups is 1. The Balaban J connectivity index is 1.95. The fraction of sp³-hybridized carbons (Fsp3) is 0.462. The molecule has 1 aromatic carbocycles. The first-order chi connectivity index (χ1) is 8.28. The van der Waals surface area contributed by atoms with E-state index < -0.39 is 0 Å². The van der Waals surface area contributed by atoms with Crippen LogP contribution in [0.5, 0.6) is 0 Å². The van der Waals surface area contributed by atoms with E-state index in [-0.39, 0.29) is 0 Å². The molecular formula is C13H17ClN2S. The van der Waals surface area contributed by atoms with Crippen LogP contribution in [0.4, 0.5) is 0 Å². The zero-order valence-electron chi connectivity index (χ0n) is 9.95. The summed E-state index contributed by atoms with van der Waals surface area (Å²) in [7, 11) is 0. The zero-order valence-corrected chi connectivity index (χ0v) is 11.5. The van der Waals surface area contributed by atoms with Gasteiger partial charge in [0.05, 0.1) is 6.54 Å². The van der Waals surface area contributed by atoms with Gasteiger partial charge in [0.25, 0.3) is 0 Å². The van der Waals surface area contributed by atoms with Crippen molar-refractivity contribution in [1.82, 2.24) is 5.32 Å². The number of halogens is 1. The predicted molar refractivity (Wildman–Crippen MR) is 76.9 cm³/mol. The molecule has 0 aliphatic carbocycles. The van der Waals surface area contributed by atoms with Gasteiger partial charge in [0.1, 0.15) is 0 Å². The van der Waals surface area contributed by atoms with Crippen LogP contribution in [-0.2, 0) is 6.54 Å². The molecule has 1 aromatic rings. The molecule has 1 aliphatic rings. The number of thioether (sulfide) groups is 1. The lowest BCUT2D eigenvalue weighted by molar-refractivity contribution is 0.570. The summed E-state index contributed by atoms with van der Waals surface area (Å²) in [6.07, 6.45) is 2.40. The van der Waals surface area contributed by atoms with Gasteiger partial charge in [-0.2, -0.15) is 0 Å². The van der Waals surface area contributed by atoms with Gasteiger partial charge in [-0.15, -0.1) is 0 Å². The normalized spacial score (nSPS) is 22.5. The van der Waals surface area contributed by atoms with Gasteiger partial charge in [-0.3, -0.25) is 4.99 Å². The lowest BCUT2D eigenvalue weighted by Gasteiger charge is -2.24. The van der Waals surface area contributed by atoms with E-state index in [1.54, 1.807) is 0 Å². The lowest BCUT2D eigenvalue weighted by atomic mass is 10.2. The maximum Gasteiger partial charge on any atom is 0.157 e. The van der Waals surface area contributed by atoms with Gasteiger partial charge in [-0.1, -0.05) is 42.4 Å². The molecule has 1 aliphatic heterocycles. The van der Waals surface area contributed by atoms with Crippen LogP contribution in [0.15, 0.2) is 29.3 Å². The monoisotopic (exact) mass is 268 g/mol. The van der Waals surface area contributed by atoms with Crippen molar-refractivity contribution in [3.63, 3.8) is 0 Å². The number of rotatable bonds is 3. The fourth-order valence-electron chi connectivity index (χ4n) is 1.78. The molecule has 92 valence electrons. The van der Waals surface area contributed by atoms with Gasteiger partial charge in [-0.25, -0.2) is 0 Å². The minimum absolute atomic E-state index is 0.592. The molecule has 1 saturated heterocycles. The highest BCUT2D eigenvalue weighted by molar-refractivity contribution is 8.13. The van der Waals surface area contributed by atoms with Crippen molar-refractivity contribution in [1.29, 1.82) is 0 Å². The molecule has 2 nitrogen and oxygen atoms in total. The van der Waals surface area contributed by atoms with Crippen LogP contribution in [0, 0.1) is 0 Å². The first-order valence-corrected chi connectivity index (χ1v) is 7.32. The third kappa shape index (κ3) is 3.93. The molecule has 1 atom stereocenters. The van der Waals surface area contributed by atoms with E-state index in [9.17, 15) is 0 Å². The van der Waals surface area contributed by atoms with Gasteiger partial charge >= 0.3 is 0 Å². The van der Waals surface area contributed by atoms with Gasteiger partial charge < -0.3 is 5.32 Å². The van der Waals surface area contributed by atoms with E-state index in [0.29, 0.717) is 12.6 Å². The Hall–Kier alpha value is -0.670. The number of aliphatic imine (C=N–C) groups is 1. The second-order valence-electron chi connectivity index (χ2n) is 4.14. The maximum absolute atomic E-state index is 5.94. The second kappa shape index (κ2) is 6.31. The number of benzene rings is 1. The van der Waals surface area contributed by atoms with E-state index in [4.69, 9.17) is 11.6 Å². The summed E-state index contributed by atoms with van der Waals surface area (Å²) < 4.78 is 0. The summed E-state index contributed by atoms with van der Waals surface area (Å²) in [5.74, 6) is 1.17. The van der Waals surface area contributed by atoms with Crippen LogP contribution in [-0.4, -0.2) is 17.0 Å². The third-order valence-corrected chi connectivity index (χ3v) is 4.02. The van der Waals surface area contributed by atoms with E-state index in [0.717, 1.165) is 22.2 Å². The van der Waals surface area contributed by atoms with Crippen LogP contribution in [0.1, 0.15) is 25.3 Å². The molecule has 0 radical (unpaired) electrons. The van der Waals surface area contributed by atoms with Crippen LogP contribution in [0.25, 0.3) is 0 Å². The summed E-state index contributed by atoms with van der Waals surface area (Å²) in [5.41, 5.74) is 1.16. The van der Waals surface area contributed by atoms with E-state index in [1.165, 1.54) is 12.2 Å². The molecule has 1 fully saturated rings. The lowest BCUT2D eigenvalue weighted by Crippen LogP contribution is -2.37. The maximum atomic E-state index is 5.94. The van der Waals surface area contributed by atoms with E-state index >= 15 is 0 Å². The SMILES string of the molecule is CCC1CCSC(=NCc2cccc(Cl)c2)N1. The highest BCUT2D eigenvalue weighted by Crippen LogP contribution is 2.17.